The van der Waals surface area contributed by atoms with Crippen LogP contribution in [0.4, 0.5) is 0 Å². The Morgan fingerprint density at radius 2 is 2.12 bits per heavy atom. The van der Waals surface area contributed by atoms with Crippen LogP contribution in [0, 0.1) is 0 Å². The molecule has 0 saturated carbocycles. The van der Waals surface area contributed by atoms with Gasteiger partial charge in [0.1, 0.15) is 0 Å². The third-order valence-corrected chi connectivity index (χ3v) is 2.43. The summed E-state index contributed by atoms with van der Waals surface area (Å²) in [5, 5.41) is 3.38. The molecule has 17 heavy (non-hydrogen) atoms. The quantitative estimate of drug-likeness (QED) is 0.732. The Morgan fingerprint density at radius 3 is 2.76 bits per heavy atom. The van der Waals surface area contributed by atoms with Gasteiger partial charge in [0.05, 0.1) is 11.4 Å². The van der Waals surface area contributed by atoms with Crippen molar-refractivity contribution in [3.63, 3.8) is 0 Å². The maximum atomic E-state index is 4.63. The smallest absolute Gasteiger partial charge is 0.0547 e. The van der Waals surface area contributed by atoms with Crippen LogP contribution in [-0.4, -0.2) is 29.5 Å². The van der Waals surface area contributed by atoms with Crippen molar-refractivity contribution in [2.24, 2.45) is 0 Å². The molecule has 0 amide bonds. The van der Waals surface area contributed by atoms with Crippen LogP contribution in [0.3, 0.4) is 0 Å². The molecule has 1 rings (SSSR count). The summed E-state index contributed by atoms with van der Waals surface area (Å²) in [6.07, 6.45) is 1.91. The maximum absolute atomic E-state index is 4.63. The van der Waals surface area contributed by atoms with Gasteiger partial charge in [0, 0.05) is 25.7 Å². The molecule has 0 bridgehead atoms. The van der Waals surface area contributed by atoms with Gasteiger partial charge in [0.2, 0.25) is 0 Å². The lowest BCUT2D eigenvalue weighted by molar-refractivity contribution is 0.358. The van der Waals surface area contributed by atoms with Gasteiger partial charge in [-0.05, 0) is 19.2 Å². The van der Waals surface area contributed by atoms with Gasteiger partial charge >= 0.3 is 0 Å². The molecule has 1 aromatic rings. The molecule has 0 aliphatic heterocycles. The topological polar surface area (TPSA) is 28.2 Å². The molecule has 3 heteroatoms. The molecule has 0 atom stereocenters. The van der Waals surface area contributed by atoms with Crippen molar-refractivity contribution in [3.05, 3.63) is 42.2 Å². The van der Waals surface area contributed by atoms with E-state index in [1.54, 1.807) is 0 Å². The summed E-state index contributed by atoms with van der Waals surface area (Å²) in [7, 11) is 2.07. The van der Waals surface area contributed by atoms with Crippen molar-refractivity contribution in [3.8, 4) is 0 Å². The predicted octanol–water partition coefficient (Wildman–Crippen LogP) is 2.20. The van der Waals surface area contributed by atoms with Crippen LogP contribution in [0.2, 0.25) is 0 Å². The van der Waals surface area contributed by atoms with E-state index >= 15 is 0 Å². The minimum atomic E-state index is 0.490. The third kappa shape index (κ3) is 5.61. The van der Waals surface area contributed by atoms with Gasteiger partial charge in [-0.1, -0.05) is 26.0 Å². The fraction of sp³-hybridized carbons (Fsp3) is 0.500. The van der Waals surface area contributed by atoms with E-state index in [0.717, 1.165) is 31.0 Å². The van der Waals surface area contributed by atoms with E-state index in [0.29, 0.717) is 6.04 Å². The van der Waals surface area contributed by atoms with Gasteiger partial charge in [0.25, 0.3) is 0 Å². The summed E-state index contributed by atoms with van der Waals surface area (Å²) < 4.78 is 0. The monoisotopic (exact) mass is 233 g/mol. The first-order valence-electron chi connectivity index (χ1n) is 6.09. The molecule has 1 aromatic heterocycles. The molecule has 1 heterocycles. The number of aromatic nitrogens is 1. The highest BCUT2D eigenvalue weighted by molar-refractivity contribution is 5.11. The van der Waals surface area contributed by atoms with Crippen LogP contribution in [0.25, 0.3) is 0 Å². The zero-order valence-electron chi connectivity index (χ0n) is 11.1. The van der Waals surface area contributed by atoms with Gasteiger partial charge in [-0.2, -0.15) is 0 Å². The summed E-state index contributed by atoms with van der Waals surface area (Å²) >= 11 is 0. The molecule has 0 fully saturated rings. The largest absolute Gasteiger partial charge is 0.309 e. The zero-order valence-corrected chi connectivity index (χ0v) is 11.1. The Balaban J connectivity index is 2.56. The summed E-state index contributed by atoms with van der Waals surface area (Å²) in [6.45, 7) is 10.6. The standard InChI is InChI=1S/C14H23N3/c1-5-9-17(4)11-14-8-6-7-13(16-14)10-15-12(2)3/h5-8,12,15H,1,9-11H2,2-4H3. The van der Waals surface area contributed by atoms with Gasteiger partial charge in [-0.15, -0.1) is 6.58 Å². The van der Waals surface area contributed by atoms with Crippen molar-refractivity contribution in [1.82, 2.24) is 15.2 Å². The molecule has 0 spiro atoms. The van der Waals surface area contributed by atoms with E-state index in [1.165, 1.54) is 0 Å². The first-order chi connectivity index (χ1) is 8.11. The summed E-state index contributed by atoms with van der Waals surface area (Å²) in [4.78, 5) is 6.82. The number of hydrogen-bond acceptors (Lipinski definition) is 3. The Bertz CT molecular complexity index is 347. The molecule has 0 aromatic carbocycles. The molecule has 0 radical (unpaired) electrons. The number of pyridine rings is 1. The van der Waals surface area contributed by atoms with Gasteiger partial charge in [-0.3, -0.25) is 9.88 Å². The first kappa shape index (κ1) is 13.9. The fourth-order valence-electron chi connectivity index (χ4n) is 1.59. The minimum absolute atomic E-state index is 0.490. The van der Waals surface area contributed by atoms with Crippen LogP contribution < -0.4 is 5.32 Å². The highest BCUT2D eigenvalue weighted by atomic mass is 15.1. The summed E-state index contributed by atoms with van der Waals surface area (Å²) in [5.41, 5.74) is 2.21. The molecular formula is C14H23N3. The van der Waals surface area contributed by atoms with E-state index in [-0.39, 0.29) is 0 Å². The molecule has 0 aliphatic rings. The maximum Gasteiger partial charge on any atom is 0.0547 e. The summed E-state index contributed by atoms with van der Waals surface area (Å²) in [6, 6.07) is 6.69. The van der Waals surface area contributed by atoms with Crippen molar-refractivity contribution in [2.75, 3.05) is 13.6 Å². The van der Waals surface area contributed by atoms with Crippen LogP contribution >= 0.6 is 0 Å². The van der Waals surface area contributed by atoms with E-state index in [2.05, 4.69) is 60.9 Å². The fourth-order valence-corrected chi connectivity index (χ4v) is 1.59. The molecule has 0 unspecified atom stereocenters. The predicted molar refractivity (Wildman–Crippen MR) is 72.7 cm³/mol. The van der Waals surface area contributed by atoms with E-state index < -0.39 is 0 Å². The molecule has 3 nitrogen and oxygen atoms in total. The van der Waals surface area contributed by atoms with E-state index in [9.17, 15) is 0 Å². The van der Waals surface area contributed by atoms with Crippen molar-refractivity contribution < 1.29 is 0 Å². The Hall–Kier alpha value is -1.19. The van der Waals surface area contributed by atoms with E-state index in [1.807, 2.05) is 6.08 Å². The number of likely N-dealkylation sites (N-methyl/N-ethyl adjacent to an activating group) is 1. The van der Waals surface area contributed by atoms with Crippen LogP contribution in [-0.2, 0) is 13.1 Å². The normalized spacial score (nSPS) is 11.1. The van der Waals surface area contributed by atoms with Gasteiger partial charge < -0.3 is 5.32 Å². The van der Waals surface area contributed by atoms with Gasteiger partial charge in [-0.25, -0.2) is 0 Å². The second kappa shape index (κ2) is 7.20. The van der Waals surface area contributed by atoms with Gasteiger partial charge in [0.15, 0.2) is 0 Å². The van der Waals surface area contributed by atoms with Crippen molar-refractivity contribution in [1.29, 1.82) is 0 Å². The first-order valence-corrected chi connectivity index (χ1v) is 6.09. The Kier molecular flexibility index (Phi) is 5.87. The molecule has 0 saturated heterocycles. The average molecular weight is 233 g/mol. The van der Waals surface area contributed by atoms with E-state index in [4.69, 9.17) is 0 Å². The third-order valence-electron chi connectivity index (χ3n) is 2.43. The molecular weight excluding hydrogens is 210 g/mol. The second-order valence-electron chi connectivity index (χ2n) is 4.64. The van der Waals surface area contributed by atoms with Crippen molar-refractivity contribution in [2.45, 2.75) is 33.0 Å². The molecule has 94 valence electrons. The molecule has 0 aliphatic carbocycles. The number of nitrogens with one attached hydrogen (secondary N) is 1. The van der Waals surface area contributed by atoms with Crippen LogP contribution in [0.15, 0.2) is 30.9 Å². The van der Waals surface area contributed by atoms with Crippen LogP contribution in [0.5, 0.6) is 0 Å². The lowest BCUT2D eigenvalue weighted by atomic mass is 10.2. The number of hydrogen-bond donors (Lipinski definition) is 1. The number of nitrogens with zero attached hydrogens (tertiary/aromatic N) is 2. The molecule has 1 N–H and O–H groups in total. The van der Waals surface area contributed by atoms with Crippen LogP contribution in [0.1, 0.15) is 25.2 Å². The minimum Gasteiger partial charge on any atom is -0.309 e. The highest BCUT2D eigenvalue weighted by Crippen LogP contribution is 2.03. The lowest BCUT2D eigenvalue weighted by Crippen LogP contribution is -2.23. The Labute approximate surface area is 105 Å². The average Bonchev–Trinajstić information content (AvgIpc) is 2.27. The van der Waals surface area contributed by atoms with Crippen molar-refractivity contribution >= 4 is 0 Å². The Morgan fingerprint density at radius 1 is 1.41 bits per heavy atom. The number of rotatable bonds is 7. The SMILES string of the molecule is C=CCN(C)Cc1cccc(CNC(C)C)n1. The lowest BCUT2D eigenvalue weighted by Gasteiger charge is -2.14. The highest BCUT2D eigenvalue weighted by Gasteiger charge is 2.02. The summed E-state index contributed by atoms with van der Waals surface area (Å²) in [5.74, 6) is 0. The second-order valence-corrected chi connectivity index (χ2v) is 4.64. The zero-order chi connectivity index (χ0) is 12.7.